The molecule has 1 amide bonds. The lowest BCUT2D eigenvalue weighted by atomic mass is 9.95. The van der Waals surface area contributed by atoms with Crippen molar-refractivity contribution in [1.82, 2.24) is 10.1 Å². The van der Waals surface area contributed by atoms with Crippen molar-refractivity contribution >= 4 is 33.8 Å². The van der Waals surface area contributed by atoms with Crippen LogP contribution >= 0.6 is 22.9 Å². The fraction of sp³-hybridized carbons (Fsp3) is 0.240. The molecule has 168 valence electrons. The minimum atomic E-state index is -0.0907. The summed E-state index contributed by atoms with van der Waals surface area (Å²) in [6.07, 6.45) is 4.45. The summed E-state index contributed by atoms with van der Waals surface area (Å²) in [5.74, 6) is 1.61. The number of carbonyl (C=O) groups excluding carboxylic acids is 1. The number of ether oxygens (including phenoxy) is 1. The molecule has 2 aromatic heterocycles. The maximum Gasteiger partial charge on any atom is 0.261 e. The standard InChI is InChI=1S/C25H22ClN3O3S/c1-31-18-12-8-16(9-13-18)23-28-24(32-29-23)22-19-4-2-3-5-20(19)33-25(22)27-21(30)14-15-6-10-17(26)11-7-15/h6-13H,2-5,14H2,1H3,(H,27,30). The number of carbonyl (C=O) groups is 1. The van der Waals surface area contributed by atoms with Gasteiger partial charge in [-0.1, -0.05) is 28.9 Å². The summed E-state index contributed by atoms with van der Waals surface area (Å²) >= 11 is 7.57. The molecular weight excluding hydrogens is 458 g/mol. The number of anilines is 1. The molecule has 0 saturated carbocycles. The second-order valence-corrected chi connectivity index (χ2v) is 9.46. The van der Waals surface area contributed by atoms with Gasteiger partial charge in [-0.3, -0.25) is 4.79 Å². The summed E-state index contributed by atoms with van der Waals surface area (Å²) < 4.78 is 10.9. The molecule has 33 heavy (non-hydrogen) atoms. The van der Waals surface area contributed by atoms with Crippen LogP contribution in [0.3, 0.4) is 0 Å². The minimum absolute atomic E-state index is 0.0907. The second kappa shape index (κ2) is 9.37. The van der Waals surface area contributed by atoms with Gasteiger partial charge in [-0.15, -0.1) is 11.3 Å². The van der Waals surface area contributed by atoms with Crippen LogP contribution in [0, 0.1) is 0 Å². The lowest BCUT2D eigenvalue weighted by Crippen LogP contribution is -2.14. The predicted molar refractivity (Wildman–Crippen MR) is 130 cm³/mol. The summed E-state index contributed by atoms with van der Waals surface area (Å²) in [5, 5.41) is 8.71. The number of benzene rings is 2. The Balaban J connectivity index is 1.44. The Hall–Kier alpha value is -3.16. The summed E-state index contributed by atoms with van der Waals surface area (Å²) in [6, 6.07) is 14.8. The quantitative estimate of drug-likeness (QED) is 0.357. The molecule has 1 aliphatic rings. The Kier molecular flexibility index (Phi) is 6.15. The van der Waals surface area contributed by atoms with Crippen molar-refractivity contribution in [2.45, 2.75) is 32.1 Å². The van der Waals surface area contributed by atoms with Gasteiger partial charge < -0.3 is 14.6 Å². The van der Waals surface area contributed by atoms with E-state index in [9.17, 15) is 4.79 Å². The maximum absolute atomic E-state index is 12.8. The molecule has 0 radical (unpaired) electrons. The number of amides is 1. The van der Waals surface area contributed by atoms with Crippen LogP contribution in [0.4, 0.5) is 5.00 Å². The lowest BCUT2D eigenvalue weighted by molar-refractivity contribution is -0.115. The Bertz CT molecular complexity index is 1280. The lowest BCUT2D eigenvalue weighted by Gasteiger charge is -2.11. The van der Waals surface area contributed by atoms with Crippen molar-refractivity contribution in [2.75, 3.05) is 12.4 Å². The molecule has 0 aliphatic heterocycles. The van der Waals surface area contributed by atoms with Gasteiger partial charge in [0.15, 0.2) is 0 Å². The molecule has 1 aliphatic carbocycles. The zero-order chi connectivity index (χ0) is 22.8. The van der Waals surface area contributed by atoms with Gasteiger partial charge in [-0.05, 0) is 73.2 Å². The number of hydrogen-bond acceptors (Lipinski definition) is 6. The van der Waals surface area contributed by atoms with Crippen molar-refractivity contribution in [3.05, 3.63) is 69.6 Å². The van der Waals surface area contributed by atoms with E-state index < -0.39 is 0 Å². The average molecular weight is 480 g/mol. The van der Waals surface area contributed by atoms with Gasteiger partial charge in [0.1, 0.15) is 10.8 Å². The van der Waals surface area contributed by atoms with Crippen LogP contribution in [0.2, 0.25) is 5.02 Å². The highest BCUT2D eigenvalue weighted by atomic mass is 35.5. The van der Waals surface area contributed by atoms with Gasteiger partial charge in [-0.2, -0.15) is 4.98 Å². The highest BCUT2D eigenvalue weighted by Crippen LogP contribution is 2.44. The summed E-state index contributed by atoms with van der Waals surface area (Å²) in [7, 11) is 1.63. The monoisotopic (exact) mass is 479 g/mol. The topological polar surface area (TPSA) is 77.3 Å². The summed E-state index contributed by atoms with van der Waals surface area (Å²) in [4.78, 5) is 18.8. The number of halogens is 1. The van der Waals surface area contributed by atoms with E-state index in [1.54, 1.807) is 30.6 Å². The number of thiophene rings is 1. The van der Waals surface area contributed by atoms with Gasteiger partial charge in [0, 0.05) is 15.5 Å². The van der Waals surface area contributed by atoms with Crippen molar-refractivity contribution in [1.29, 1.82) is 0 Å². The first-order valence-electron chi connectivity index (χ1n) is 10.8. The Morgan fingerprint density at radius 1 is 1.12 bits per heavy atom. The number of fused-ring (bicyclic) bond motifs is 1. The SMILES string of the molecule is COc1ccc(-c2noc(-c3c(NC(=O)Cc4ccc(Cl)cc4)sc4c3CCCC4)n2)cc1. The zero-order valence-electron chi connectivity index (χ0n) is 18.1. The molecule has 0 spiro atoms. The fourth-order valence-electron chi connectivity index (χ4n) is 4.02. The molecule has 0 unspecified atom stereocenters. The van der Waals surface area contributed by atoms with Crippen molar-refractivity contribution < 1.29 is 14.1 Å². The van der Waals surface area contributed by atoms with Crippen LogP contribution in [-0.4, -0.2) is 23.2 Å². The van der Waals surface area contributed by atoms with E-state index >= 15 is 0 Å². The smallest absolute Gasteiger partial charge is 0.261 e. The Labute approximate surface area is 200 Å². The van der Waals surface area contributed by atoms with E-state index in [1.807, 2.05) is 36.4 Å². The van der Waals surface area contributed by atoms with E-state index in [-0.39, 0.29) is 12.3 Å². The number of nitrogens with one attached hydrogen (secondary N) is 1. The average Bonchev–Trinajstić information content (AvgIpc) is 3.45. The molecular formula is C25H22ClN3O3S. The Morgan fingerprint density at radius 2 is 1.88 bits per heavy atom. The highest BCUT2D eigenvalue weighted by molar-refractivity contribution is 7.17. The molecule has 8 heteroatoms. The van der Waals surface area contributed by atoms with E-state index in [4.69, 9.17) is 20.9 Å². The molecule has 4 aromatic rings. The number of rotatable bonds is 6. The van der Waals surface area contributed by atoms with Gasteiger partial charge in [0.05, 0.1) is 19.1 Å². The number of aryl methyl sites for hydroxylation is 1. The van der Waals surface area contributed by atoms with Crippen molar-refractivity contribution in [3.8, 4) is 28.6 Å². The largest absolute Gasteiger partial charge is 0.497 e. The van der Waals surface area contributed by atoms with Crippen LogP contribution < -0.4 is 10.1 Å². The molecule has 2 heterocycles. The number of hydrogen-bond donors (Lipinski definition) is 1. The molecule has 6 nitrogen and oxygen atoms in total. The van der Waals surface area contributed by atoms with Gasteiger partial charge in [0.2, 0.25) is 11.7 Å². The van der Waals surface area contributed by atoms with Crippen molar-refractivity contribution in [2.24, 2.45) is 0 Å². The first-order chi connectivity index (χ1) is 16.1. The molecule has 0 bridgehead atoms. The van der Waals surface area contributed by atoms with E-state index in [2.05, 4.69) is 15.5 Å². The molecule has 0 fully saturated rings. The molecule has 2 aromatic carbocycles. The number of methoxy groups -OCH3 is 1. The van der Waals surface area contributed by atoms with Gasteiger partial charge in [0.25, 0.3) is 5.89 Å². The van der Waals surface area contributed by atoms with Crippen LogP contribution in [0.5, 0.6) is 5.75 Å². The first kappa shape index (κ1) is 21.7. The normalized spacial score (nSPS) is 12.9. The third-order valence-electron chi connectivity index (χ3n) is 5.69. The van der Waals surface area contributed by atoms with E-state index in [1.165, 1.54) is 10.4 Å². The number of aromatic nitrogens is 2. The Morgan fingerprint density at radius 3 is 2.64 bits per heavy atom. The highest BCUT2D eigenvalue weighted by Gasteiger charge is 2.27. The fourth-order valence-corrected chi connectivity index (χ4v) is 5.44. The van der Waals surface area contributed by atoms with Gasteiger partial charge >= 0.3 is 0 Å². The third kappa shape index (κ3) is 4.65. The molecule has 5 rings (SSSR count). The minimum Gasteiger partial charge on any atom is -0.497 e. The molecule has 0 saturated heterocycles. The molecule has 0 atom stereocenters. The van der Waals surface area contributed by atoms with Crippen LogP contribution in [0.1, 0.15) is 28.8 Å². The number of nitrogens with zero attached hydrogens (tertiary/aromatic N) is 2. The van der Waals surface area contributed by atoms with Crippen LogP contribution in [-0.2, 0) is 24.1 Å². The van der Waals surface area contributed by atoms with Crippen LogP contribution in [0.25, 0.3) is 22.8 Å². The van der Waals surface area contributed by atoms with E-state index in [0.29, 0.717) is 16.7 Å². The third-order valence-corrected chi connectivity index (χ3v) is 7.15. The summed E-state index contributed by atoms with van der Waals surface area (Å²) in [6.45, 7) is 0. The first-order valence-corrected chi connectivity index (χ1v) is 12.0. The van der Waals surface area contributed by atoms with Gasteiger partial charge in [-0.25, -0.2) is 0 Å². The zero-order valence-corrected chi connectivity index (χ0v) is 19.6. The predicted octanol–water partition coefficient (Wildman–Crippen LogP) is 6.19. The second-order valence-electron chi connectivity index (χ2n) is 7.92. The van der Waals surface area contributed by atoms with E-state index in [0.717, 1.165) is 53.1 Å². The van der Waals surface area contributed by atoms with Crippen LogP contribution in [0.15, 0.2) is 53.1 Å². The maximum atomic E-state index is 12.8. The summed E-state index contributed by atoms with van der Waals surface area (Å²) in [5.41, 5.74) is 3.80. The van der Waals surface area contributed by atoms with Crippen molar-refractivity contribution in [3.63, 3.8) is 0 Å². The molecule has 1 N–H and O–H groups in total.